The third-order valence-electron chi connectivity index (χ3n) is 3.89. The minimum absolute atomic E-state index is 0.134. The highest BCUT2D eigenvalue weighted by atomic mass is 15.1. The third-order valence-corrected chi connectivity index (χ3v) is 3.89. The van der Waals surface area contributed by atoms with Gasteiger partial charge in [0.15, 0.2) is 5.65 Å². The Morgan fingerprint density at radius 2 is 2.00 bits per heavy atom. The summed E-state index contributed by atoms with van der Waals surface area (Å²) in [6, 6.07) is 12.8. The van der Waals surface area contributed by atoms with Gasteiger partial charge >= 0.3 is 0 Å². The SMILES string of the molecule is Cc1ccc2[nH]c(C3NCCc4ccccc43)nc2n1. The maximum absolute atomic E-state index is 4.67. The molecule has 3 heterocycles. The maximum Gasteiger partial charge on any atom is 0.178 e. The zero-order valence-electron chi connectivity index (χ0n) is 11.4. The molecule has 4 rings (SSSR count). The molecule has 4 heteroatoms. The fraction of sp³-hybridized carbons (Fsp3) is 0.250. The number of hydrogen-bond acceptors (Lipinski definition) is 3. The molecule has 0 aliphatic carbocycles. The minimum atomic E-state index is 0.134. The van der Waals surface area contributed by atoms with Crippen LogP contribution in [0.4, 0.5) is 0 Å². The molecule has 1 unspecified atom stereocenters. The zero-order chi connectivity index (χ0) is 13.5. The molecule has 1 aliphatic rings. The van der Waals surface area contributed by atoms with Crippen molar-refractivity contribution in [3.63, 3.8) is 0 Å². The van der Waals surface area contributed by atoms with Crippen LogP contribution < -0.4 is 5.32 Å². The maximum atomic E-state index is 4.67. The van der Waals surface area contributed by atoms with Crippen molar-refractivity contribution in [2.45, 2.75) is 19.4 Å². The fourth-order valence-corrected chi connectivity index (χ4v) is 2.89. The molecule has 2 N–H and O–H groups in total. The van der Waals surface area contributed by atoms with Crippen LogP contribution in [0.1, 0.15) is 28.7 Å². The Balaban J connectivity index is 1.84. The van der Waals surface area contributed by atoms with Crippen molar-refractivity contribution >= 4 is 11.2 Å². The first-order valence-corrected chi connectivity index (χ1v) is 6.96. The number of aromatic amines is 1. The third kappa shape index (κ3) is 1.80. The second-order valence-electron chi connectivity index (χ2n) is 5.28. The number of H-pyrrole nitrogens is 1. The van der Waals surface area contributed by atoms with Crippen molar-refractivity contribution in [1.82, 2.24) is 20.3 Å². The van der Waals surface area contributed by atoms with Crippen molar-refractivity contribution in [2.24, 2.45) is 0 Å². The lowest BCUT2D eigenvalue weighted by Crippen LogP contribution is -2.31. The number of fused-ring (bicyclic) bond motifs is 2. The van der Waals surface area contributed by atoms with Crippen LogP contribution in [-0.4, -0.2) is 21.5 Å². The first-order chi connectivity index (χ1) is 9.81. The standard InChI is InChI=1S/C16H16N4/c1-10-6-7-13-15(18-10)20-16(19-13)14-12-5-3-2-4-11(12)8-9-17-14/h2-7,14,17H,8-9H2,1H3,(H,18,19,20). The Kier molecular flexibility index (Phi) is 2.57. The summed E-state index contributed by atoms with van der Waals surface area (Å²) in [7, 11) is 0. The Labute approximate surface area is 117 Å². The molecule has 1 atom stereocenters. The van der Waals surface area contributed by atoms with Crippen LogP contribution in [0.5, 0.6) is 0 Å². The van der Waals surface area contributed by atoms with Crippen molar-refractivity contribution in [1.29, 1.82) is 0 Å². The summed E-state index contributed by atoms with van der Waals surface area (Å²) >= 11 is 0. The van der Waals surface area contributed by atoms with E-state index in [2.05, 4.69) is 44.5 Å². The largest absolute Gasteiger partial charge is 0.339 e. The van der Waals surface area contributed by atoms with Crippen molar-refractivity contribution in [3.8, 4) is 0 Å². The van der Waals surface area contributed by atoms with Gasteiger partial charge < -0.3 is 10.3 Å². The summed E-state index contributed by atoms with van der Waals surface area (Å²) in [5, 5.41) is 3.55. The number of pyridine rings is 1. The van der Waals surface area contributed by atoms with E-state index >= 15 is 0 Å². The van der Waals surface area contributed by atoms with Gasteiger partial charge in [-0.2, -0.15) is 0 Å². The van der Waals surface area contributed by atoms with Gasteiger partial charge in [0, 0.05) is 12.2 Å². The fourth-order valence-electron chi connectivity index (χ4n) is 2.89. The smallest absolute Gasteiger partial charge is 0.178 e. The molecule has 0 amide bonds. The van der Waals surface area contributed by atoms with E-state index < -0.39 is 0 Å². The summed E-state index contributed by atoms with van der Waals surface area (Å²) < 4.78 is 0. The number of hydrogen-bond donors (Lipinski definition) is 2. The number of aryl methyl sites for hydroxylation is 1. The molecule has 0 saturated carbocycles. The number of aromatic nitrogens is 3. The number of nitrogens with zero attached hydrogens (tertiary/aromatic N) is 2. The van der Waals surface area contributed by atoms with Gasteiger partial charge in [0.1, 0.15) is 5.82 Å². The summed E-state index contributed by atoms with van der Waals surface area (Å²) in [6.45, 7) is 2.97. The quantitative estimate of drug-likeness (QED) is 0.710. The van der Waals surface area contributed by atoms with Gasteiger partial charge in [0.25, 0.3) is 0 Å². The summed E-state index contributed by atoms with van der Waals surface area (Å²) in [6.07, 6.45) is 1.07. The summed E-state index contributed by atoms with van der Waals surface area (Å²) in [4.78, 5) is 12.5. The highest BCUT2D eigenvalue weighted by Crippen LogP contribution is 2.27. The van der Waals surface area contributed by atoms with Crippen LogP contribution in [0.25, 0.3) is 11.2 Å². The highest BCUT2D eigenvalue weighted by molar-refractivity contribution is 5.71. The van der Waals surface area contributed by atoms with E-state index in [0.717, 1.165) is 35.6 Å². The number of imidazole rings is 1. The Morgan fingerprint density at radius 1 is 1.10 bits per heavy atom. The molecular formula is C16H16N4. The molecule has 0 saturated heterocycles. The Morgan fingerprint density at radius 3 is 2.95 bits per heavy atom. The van der Waals surface area contributed by atoms with Crippen LogP contribution in [0.15, 0.2) is 36.4 Å². The molecule has 0 bridgehead atoms. The van der Waals surface area contributed by atoms with Crippen LogP contribution >= 0.6 is 0 Å². The first kappa shape index (κ1) is 11.6. The Hall–Kier alpha value is -2.20. The van der Waals surface area contributed by atoms with Gasteiger partial charge in [-0.15, -0.1) is 0 Å². The van der Waals surface area contributed by atoms with Crippen LogP contribution in [0.2, 0.25) is 0 Å². The summed E-state index contributed by atoms with van der Waals surface area (Å²) in [5.74, 6) is 0.949. The van der Waals surface area contributed by atoms with E-state index in [9.17, 15) is 0 Å². The summed E-state index contributed by atoms with van der Waals surface area (Å²) in [5.41, 5.74) is 5.50. The van der Waals surface area contributed by atoms with Crippen LogP contribution in [0, 0.1) is 6.92 Å². The van der Waals surface area contributed by atoms with Crippen molar-refractivity contribution in [3.05, 3.63) is 59.0 Å². The number of benzene rings is 1. The van der Waals surface area contributed by atoms with E-state index in [4.69, 9.17) is 0 Å². The lowest BCUT2D eigenvalue weighted by atomic mass is 9.94. The molecule has 0 radical (unpaired) electrons. The normalized spacial score (nSPS) is 18.1. The van der Waals surface area contributed by atoms with Crippen molar-refractivity contribution in [2.75, 3.05) is 6.54 Å². The monoisotopic (exact) mass is 264 g/mol. The second-order valence-corrected chi connectivity index (χ2v) is 5.28. The molecule has 1 aliphatic heterocycles. The molecule has 2 aromatic heterocycles. The molecular weight excluding hydrogens is 248 g/mol. The highest BCUT2D eigenvalue weighted by Gasteiger charge is 2.23. The number of rotatable bonds is 1. The lowest BCUT2D eigenvalue weighted by molar-refractivity contribution is 0.549. The minimum Gasteiger partial charge on any atom is -0.339 e. The van der Waals surface area contributed by atoms with Gasteiger partial charge in [-0.25, -0.2) is 9.97 Å². The topological polar surface area (TPSA) is 53.6 Å². The second kappa shape index (κ2) is 4.42. The molecule has 1 aromatic carbocycles. The van der Waals surface area contributed by atoms with Gasteiger partial charge in [-0.05, 0) is 36.6 Å². The van der Waals surface area contributed by atoms with Crippen molar-refractivity contribution < 1.29 is 0 Å². The number of nitrogens with one attached hydrogen (secondary N) is 2. The molecule has 0 fully saturated rings. The molecule has 0 spiro atoms. The van der Waals surface area contributed by atoms with E-state index in [-0.39, 0.29) is 6.04 Å². The Bertz CT molecular complexity index is 775. The predicted octanol–water partition coefficient (Wildman–Crippen LogP) is 2.50. The van der Waals surface area contributed by atoms with Gasteiger partial charge in [0.05, 0.1) is 11.6 Å². The average Bonchev–Trinajstić information content (AvgIpc) is 2.89. The van der Waals surface area contributed by atoms with E-state index in [1.165, 1.54) is 11.1 Å². The first-order valence-electron chi connectivity index (χ1n) is 6.96. The van der Waals surface area contributed by atoms with Crippen LogP contribution in [0.3, 0.4) is 0 Å². The predicted molar refractivity (Wildman–Crippen MR) is 78.6 cm³/mol. The van der Waals surface area contributed by atoms with Gasteiger partial charge in [0.2, 0.25) is 0 Å². The zero-order valence-corrected chi connectivity index (χ0v) is 11.4. The van der Waals surface area contributed by atoms with E-state index in [0.29, 0.717) is 0 Å². The lowest BCUT2D eigenvalue weighted by Gasteiger charge is -2.25. The van der Waals surface area contributed by atoms with Crippen LogP contribution in [-0.2, 0) is 6.42 Å². The molecule has 4 nitrogen and oxygen atoms in total. The molecule has 20 heavy (non-hydrogen) atoms. The van der Waals surface area contributed by atoms with E-state index in [1.54, 1.807) is 0 Å². The molecule has 100 valence electrons. The van der Waals surface area contributed by atoms with Gasteiger partial charge in [-0.3, -0.25) is 0 Å². The molecule has 3 aromatic rings. The van der Waals surface area contributed by atoms with Gasteiger partial charge in [-0.1, -0.05) is 24.3 Å². The van der Waals surface area contributed by atoms with E-state index in [1.807, 2.05) is 19.1 Å². The average molecular weight is 264 g/mol.